The van der Waals surface area contributed by atoms with Crippen LogP contribution in [0.3, 0.4) is 0 Å². The summed E-state index contributed by atoms with van der Waals surface area (Å²) in [6, 6.07) is 8.59. The summed E-state index contributed by atoms with van der Waals surface area (Å²) in [5, 5.41) is -0.275. The maximum Gasteiger partial charge on any atom is 0.271 e. The zero-order chi connectivity index (χ0) is 18.0. The first-order valence-electron chi connectivity index (χ1n) is 7.11. The van der Waals surface area contributed by atoms with E-state index >= 15 is 0 Å². The highest BCUT2D eigenvalue weighted by Crippen LogP contribution is 2.19. The molecule has 9 heteroatoms. The number of H-pyrrole nitrogens is 1. The molecule has 0 spiro atoms. The number of amides is 2. The fraction of sp³-hybridized carbons (Fsp3) is 0.0625. The zero-order valence-electron chi connectivity index (χ0n) is 12.6. The first-order chi connectivity index (χ1) is 11.9. The summed E-state index contributed by atoms with van der Waals surface area (Å²) >= 11 is 5.69. The fourth-order valence-corrected chi connectivity index (χ4v) is 2.41. The van der Waals surface area contributed by atoms with Crippen LogP contribution in [0.4, 0.5) is 8.78 Å². The predicted molar refractivity (Wildman–Crippen MR) is 86.8 cm³/mol. The minimum Gasteiger partial charge on any atom is -0.342 e. The summed E-state index contributed by atoms with van der Waals surface area (Å²) in [5.74, 6) is -3.40. The molecule has 3 N–H and O–H groups in total. The lowest BCUT2D eigenvalue weighted by atomic mass is 10.2. The second-order valence-corrected chi connectivity index (χ2v) is 5.53. The molecule has 0 aliphatic carbocycles. The highest BCUT2D eigenvalue weighted by atomic mass is 35.5. The van der Waals surface area contributed by atoms with Crippen molar-refractivity contribution in [3.05, 3.63) is 64.4 Å². The number of hydrazine groups is 1. The molecule has 2 amide bonds. The van der Waals surface area contributed by atoms with Gasteiger partial charge in [-0.1, -0.05) is 23.7 Å². The molecule has 3 aromatic rings. The number of fused-ring (bicyclic) bond motifs is 1. The Kier molecular flexibility index (Phi) is 4.62. The van der Waals surface area contributed by atoms with Gasteiger partial charge in [-0.3, -0.25) is 20.4 Å². The van der Waals surface area contributed by atoms with Crippen LogP contribution in [0.5, 0.6) is 0 Å². The van der Waals surface area contributed by atoms with Crippen molar-refractivity contribution < 1.29 is 18.4 Å². The van der Waals surface area contributed by atoms with E-state index in [1.54, 1.807) is 6.07 Å². The standard InChI is InChI=1S/C16H11ClF2N4O2/c17-9-6-11(19)10(18)5-8(9)16(25)23-22-15(24)7-14-20-12-3-1-2-4-13(12)21-14/h1-6H,7H2,(H,20,21)(H,22,24)(H,23,25). The van der Waals surface area contributed by atoms with Crippen LogP contribution >= 0.6 is 11.6 Å². The monoisotopic (exact) mass is 364 g/mol. The Morgan fingerprint density at radius 3 is 2.60 bits per heavy atom. The SMILES string of the molecule is O=C(Cc1nc2ccccc2[nH]1)NNC(=O)c1cc(F)c(F)cc1Cl. The molecule has 0 aliphatic rings. The van der Waals surface area contributed by atoms with E-state index in [1.807, 2.05) is 18.2 Å². The molecular formula is C16H11ClF2N4O2. The minimum atomic E-state index is -1.22. The summed E-state index contributed by atoms with van der Waals surface area (Å²) in [6.07, 6.45) is -0.111. The third-order valence-corrected chi connectivity index (χ3v) is 3.65. The van der Waals surface area contributed by atoms with Crippen molar-refractivity contribution in [2.75, 3.05) is 0 Å². The van der Waals surface area contributed by atoms with E-state index in [0.717, 1.165) is 5.52 Å². The first kappa shape index (κ1) is 16.8. The first-order valence-corrected chi connectivity index (χ1v) is 7.49. The van der Waals surface area contributed by atoms with Gasteiger partial charge in [-0.2, -0.15) is 0 Å². The number of nitrogens with zero attached hydrogens (tertiary/aromatic N) is 1. The molecule has 0 saturated carbocycles. The van der Waals surface area contributed by atoms with Crippen molar-refractivity contribution in [2.24, 2.45) is 0 Å². The van der Waals surface area contributed by atoms with Crippen molar-refractivity contribution >= 4 is 34.4 Å². The molecule has 6 nitrogen and oxygen atoms in total. The Bertz CT molecular complexity index is 941. The quantitative estimate of drug-likeness (QED) is 0.493. The number of imidazole rings is 1. The molecule has 0 atom stereocenters. The van der Waals surface area contributed by atoms with Crippen molar-refractivity contribution in [1.29, 1.82) is 0 Å². The van der Waals surface area contributed by atoms with Crippen LogP contribution < -0.4 is 10.9 Å². The smallest absolute Gasteiger partial charge is 0.271 e. The molecule has 3 rings (SSSR count). The van der Waals surface area contributed by atoms with Crippen LogP contribution in [0.25, 0.3) is 11.0 Å². The lowest BCUT2D eigenvalue weighted by Gasteiger charge is -2.08. The van der Waals surface area contributed by atoms with Gasteiger partial charge in [0.2, 0.25) is 5.91 Å². The van der Waals surface area contributed by atoms with E-state index in [-0.39, 0.29) is 17.0 Å². The van der Waals surface area contributed by atoms with Crippen molar-refractivity contribution in [3.8, 4) is 0 Å². The average Bonchev–Trinajstić information content (AvgIpc) is 2.98. The molecule has 128 valence electrons. The van der Waals surface area contributed by atoms with Gasteiger partial charge in [-0.05, 0) is 24.3 Å². The van der Waals surface area contributed by atoms with Gasteiger partial charge in [0.25, 0.3) is 5.91 Å². The number of halogens is 3. The number of para-hydroxylation sites is 2. The molecule has 0 unspecified atom stereocenters. The lowest BCUT2D eigenvalue weighted by molar-refractivity contribution is -0.121. The zero-order valence-corrected chi connectivity index (χ0v) is 13.3. The van der Waals surface area contributed by atoms with Crippen LogP contribution in [0, 0.1) is 11.6 Å². The number of benzene rings is 2. The fourth-order valence-electron chi connectivity index (χ4n) is 2.18. The number of hydrogen-bond donors (Lipinski definition) is 3. The summed E-state index contributed by atoms with van der Waals surface area (Å²) in [4.78, 5) is 31.0. The van der Waals surface area contributed by atoms with Gasteiger partial charge >= 0.3 is 0 Å². The van der Waals surface area contributed by atoms with Gasteiger partial charge in [0, 0.05) is 0 Å². The number of nitrogens with one attached hydrogen (secondary N) is 3. The molecule has 0 fully saturated rings. The van der Waals surface area contributed by atoms with E-state index in [9.17, 15) is 18.4 Å². The van der Waals surface area contributed by atoms with Gasteiger partial charge in [0.15, 0.2) is 11.6 Å². The second-order valence-electron chi connectivity index (χ2n) is 5.13. The molecule has 0 aliphatic heterocycles. The topological polar surface area (TPSA) is 86.9 Å². The highest BCUT2D eigenvalue weighted by Gasteiger charge is 2.16. The average molecular weight is 365 g/mol. The molecule has 25 heavy (non-hydrogen) atoms. The minimum absolute atomic E-state index is 0.111. The molecule has 0 bridgehead atoms. The van der Waals surface area contributed by atoms with Gasteiger partial charge in [-0.15, -0.1) is 0 Å². The normalized spacial score (nSPS) is 10.7. The molecule has 0 saturated heterocycles. The van der Waals surface area contributed by atoms with Gasteiger partial charge in [-0.25, -0.2) is 13.8 Å². The number of carbonyl (C=O) groups excluding carboxylic acids is 2. The van der Waals surface area contributed by atoms with Crippen molar-refractivity contribution in [2.45, 2.75) is 6.42 Å². The van der Waals surface area contributed by atoms with E-state index < -0.39 is 23.4 Å². The maximum atomic E-state index is 13.2. The van der Waals surface area contributed by atoms with Gasteiger partial charge in [0.1, 0.15) is 5.82 Å². The van der Waals surface area contributed by atoms with Crippen LogP contribution in [-0.4, -0.2) is 21.8 Å². The number of rotatable bonds is 3. The Morgan fingerprint density at radius 1 is 1.12 bits per heavy atom. The molecular weight excluding hydrogens is 354 g/mol. The molecule has 1 heterocycles. The number of aromatic nitrogens is 2. The van der Waals surface area contributed by atoms with E-state index in [4.69, 9.17) is 11.6 Å². The summed E-state index contributed by atoms with van der Waals surface area (Å²) in [6.45, 7) is 0. The third kappa shape index (κ3) is 3.74. The van der Waals surface area contributed by atoms with Crippen molar-refractivity contribution in [3.63, 3.8) is 0 Å². The third-order valence-electron chi connectivity index (χ3n) is 3.34. The second kappa shape index (κ2) is 6.86. The predicted octanol–water partition coefficient (Wildman–Crippen LogP) is 2.50. The van der Waals surface area contributed by atoms with Crippen LogP contribution in [0.2, 0.25) is 5.02 Å². The van der Waals surface area contributed by atoms with Crippen molar-refractivity contribution in [1.82, 2.24) is 20.8 Å². The van der Waals surface area contributed by atoms with E-state index in [2.05, 4.69) is 20.8 Å². The molecule has 2 aromatic carbocycles. The highest BCUT2D eigenvalue weighted by molar-refractivity contribution is 6.33. The summed E-state index contributed by atoms with van der Waals surface area (Å²) in [7, 11) is 0. The summed E-state index contributed by atoms with van der Waals surface area (Å²) in [5.41, 5.74) is 5.44. The Hall–Kier alpha value is -3.00. The maximum absolute atomic E-state index is 13.2. The Balaban J connectivity index is 1.62. The number of aromatic amines is 1. The van der Waals surface area contributed by atoms with E-state index in [0.29, 0.717) is 23.5 Å². The number of carbonyl (C=O) groups is 2. The molecule has 1 aromatic heterocycles. The summed E-state index contributed by atoms with van der Waals surface area (Å²) < 4.78 is 26.2. The Morgan fingerprint density at radius 2 is 1.84 bits per heavy atom. The van der Waals surface area contributed by atoms with Crippen LogP contribution in [0.15, 0.2) is 36.4 Å². The lowest BCUT2D eigenvalue weighted by Crippen LogP contribution is -2.42. The Labute approximate surface area is 145 Å². The van der Waals surface area contributed by atoms with Crippen LogP contribution in [0.1, 0.15) is 16.2 Å². The number of hydrogen-bond acceptors (Lipinski definition) is 3. The van der Waals surface area contributed by atoms with Gasteiger partial charge in [0.05, 0.1) is 28.0 Å². The van der Waals surface area contributed by atoms with Crippen LogP contribution in [-0.2, 0) is 11.2 Å². The van der Waals surface area contributed by atoms with E-state index in [1.165, 1.54) is 0 Å². The van der Waals surface area contributed by atoms with Gasteiger partial charge < -0.3 is 4.98 Å². The largest absolute Gasteiger partial charge is 0.342 e. The molecule has 0 radical (unpaired) electrons.